The van der Waals surface area contributed by atoms with E-state index in [0.717, 1.165) is 45.3 Å². The number of hydrogen-bond acceptors (Lipinski definition) is 2. The third-order valence-electron chi connectivity index (χ3n) is 11.5. The molecule has 0 saturated carbocycles. The van der Waals surface area contributed by atoms with Crippen molar-refractivity contribution in [2.75, 3.05) is 9.80 Å². The lowest BCUT2D eigenvalue weighted by atomic mass is 9.99. The number of nitrogens with zero attached hydrogens (tertiary/aromatic N) is 2. The van der Waals surface area contributed by atoms with Gasteiger partial charge in [0.2, 0.25) is 0 Å². The zero-order valence-corrected chi connectivity index (χ0v) is 36.1. The fourth-order valence-corrected chi connectivity index (χ4v) is 7.84. The van der Waals surface area contributed by atoms with Gasteiger partial charge in [-0.2, -0.15) is 0 Å². The number of rotatable bonds is 12. The highest BCUT2D eigenvalue weighted by Crippen LogP contribution is 2.38. The van der Waals surface area contributed by atoms with Crippen molar-refractivity contribution in [3.05, 3.63) is 263 Å². The van der Waals surface area contributed by atoms with Crippen LogP contribution in [0.1, 0.15) is 38.9 Å². The van der Waals surface area contributed by atoms with E-state index in [1.165, 1.54) is 50.1 Å². The molecule has 9 aromatic carbocycles. The van der Waals surface area contributed by atoms with Crippen LogP contribution in [0.25, 0.3) is 46.6 Å². The fourth-order valence-electron chi connectivity index (χ4n) is 7.84. The molecular weight excluding hydrogens is 761 g/mol. The van der Waals surface area contributed by atoms with Crippen molar-refractivity contribution < 1.29 is 0 Å². The highest BCUT2D eigenvalue weighted by molar-refractivity contribution is 5.82. The number of anilines is 6. The summed E-state index contributed by atoms with van der Waals surface area (Å²) in [5.41, 5.74) is 19.9. The van der Waals surface area contributed by atoms with Crippen molar-refractivity contribution in [3.63, 3.8) is 0 Å². The molecule has 2 heteroatoms. The summed E-state index contributed by atoms with van der Waals surface area (Å²) in [4.78, 5) is 4.63. The average molecular weight is 811 g/mol. The van der Waals surface area contributed by atoms with E-state index in [1.807, 2.05) is 0 Å². The molecule has 304 valence electrons. The Bertz CT molecular complexity index is 2930. The summed E-state index contributed by atoms with van der Waals surface area (Å²) in [6.45, 7) is 6.36. The Morgan fingerprint density at radius 3 is 0.730 bits per heavy atom. The second-order valence-corrected chi connectivity index (χ2v) is 16.2. The van der Waals surface area contributed by atoms with E-state index in [1.54, 1.807) is 0 Å². The molecule has 0 heterocycles. The van der Waals surface area contributed by atoms with Gasteiger partial charge in [-0.3, -0.25) is 0 Å². The van der Waals surface area contributed by atoms with Crippen molar-refractivity contribution in [1.29, 1.82) is 0 Å². The maximum absolute atomic E-state index is 2.32. The van der Waals surface area contributed by atoms with Crippen LogP contribution < -0.4 is 9.80 Å². The van der Waals surface area contributed by atoms with Gasteiger partial charge in [0, 0.05) is 34.1 Å². The molecule has 9 aromatic rings. The van der Waals surface area contributed by atoms with Gasteiger partial charge in [0.05, 0.1) is 0 Å². The number of aryl methyl sites for hydroxylation is 3. The second kappa shape index (κ2) is 18.8. The van der Waals surface area contributed by atoms with Gasteiger partial charge in [0.15, 0.2) is 0 Å². The van der Waals surface area contributed by atoms with E-state index in [-0.39, 0.29) is 0 Å². The molecule has 0 aliphatic rings. The average Bonchev–Trinajstić information content (AvgIpc) is 3.34. The predicted octanol–water partition coefficient (Wildman–Crippen LogP) is 17.2. The summed E-state index contributed by atoms with van der Waals surface area (Å²) in [5.74, 6) is 0. The molecule has 63 heavy (non-hydrogen) atoms. The van der Waals surface area contributed by atoms with Crippen LogP contribution >= 0.6 is 0 Å². The van der Waals surface area contributed by atoms with Crippen LogP contribution in [0.3, 0.4) is 0 Å². The summed E-state index contributed by atoms with van der Waals surface area (Å²) >= 11 is 0. The number of hydrogen-bond donors (Lipinski definition) is 0. The normalized spacial score (nSPS) is 11.3. The Balaban J connectivity index is 0.915. The Labute approximate surface area is 373 Å². The molecule has 9 rings (SSSR count). The molecule has 0 atom stereocenters. The number of benzene rings is 9. The minimum absolute atomic E-state index is 1.11. The molecule has 2 nitrogen and oxygen atoms in total. The van der Waals surface area contributed by atoms with Crippen molar-refractivity contribution in [3.8, 4) is 22.3 Å². The zero-order valence-electron chi connectivity index (χ0n) is 36.1. The first-order chi connectivity index (χ1) is 30.9. The summed E-state index contributed by atoms with van der Waals surface area (Å²) in [7, 11) is 0. The quantitative estimate of drug-likeness (QED) is 0.113. The first-order valence-electron chi connectivity index (χ1n) is 21.6. The molecule has 0 bridgehead atoms. The first-order valence-corrected chi connectivity index (χ1v) is 21.6. The van der Waals surface area contributed by atoms with Crippen molar-refractivity contribution in [2.24, 2.45) is 0 Å². The zero-order chi connectivity index (χ0) is 43.0. The van der Waals surface area contributed by atoms with E-state index in [0.29, 0.717) is 0 Å². The largest absolute Gasteiger partial charge is 0.311 e. The monoisotopic (exact) mass is 810 g/mol. The lowest BCUT2D eigenvalue weighted by molar-refractivity contribution is 1.27. The molecule has 0 unspecified atom stereocenters. The fraction of sp³-hybridized carbons (Fsp3) is 0.0492. The van der Waals surface area contributed by atoms with E-state index in [4.69, 9.17) is 0 Å². The highest BCUT2D eigenvalue weighted by atomic mass is 15.1. The van der Waals surface area contributed by atoms with E-state index in [9.17, 15) is 0 Å². The standard InChI is InChI=1S/C61H50N2/c1-45-9-15-48(16-10-45)19-21-50-23-37-58(38-24-50)62(56-7-5-4-6-8-56)60-41-31-54(32-42-60)52-27-29-53(30-28-52)55-33-43-61(44-34-55)63(57-35-13-47(3)14-36-57)59-39-25-51(26-40-59)22-20-49-17-11-46(2)12-18-49/h4-44H,1-3H3/b21-19+,22-20+. The molecule has 0 aliphatic heterocycles. The van der Waals surface area contributed by atoms with Crippen molar-refractivity contribution >= 4 is 58.4 Å². The first kappa shape index (κ1) is 40.5. The van der Waals surface area contributed by atoms with E-state index < -0.39 is 0 Å². The van der Waals surface area contributed by atoms with Crippen LogP contribution in [-0.4, -0.2) is 0 Å². The predicted molar refractivity (Wildman–Crippen MR) is 272 cm³/mol. The van der Waals surface area contributed by atoms with Gasteiger partial charge in [-0.05, 0) is 138 Å². The molecule has 0 radical (unpaired) electrons. The second-order valence-electron chi connectivity index (χ2n) is 16.2. The van der Waals surface area contributed by atoms with Gasteiger partial charge in [0.25, 0.3) is 0 Å². The maximum atomic E-state index is 2.32. The van der Waals surface area contributed by atoms with Crippen LogP contribution in [-0.2, 0) is 0 Å². The van der Waals surface area contributed by atoms with Crippen molar-refractivity contribution in [2.45, 2.75) is 20.8 Å². The van der Waals surface area contributed by atoms with Crippen LogP contribution in [0.2, 0.25) is 0 Å². The molecule has 0 N–H and O–H groups in total. The lowest BCUT2D eigenvalue weighted by Crippen LogP contribution is -2.09. The Kier molecular flexibility index (Phi) is 12.1. The molecule has 0 saturated heterocycles. The summed E-state index contributed by atoms with van der Waals surface area (Å²) in [6, 6.07) is 80.8. The van der Waals surface area contributed by atoms with E-state index in [2.05, 4.69) is 279 Å². The van der Waals surface area contributed by atoms with Crippen LogP contribution in [0.5, 0.6) is 0 Å². The Hall–Kier alpha value is -7.94. The van der Waals surface area contributed by atoms with Crippen LogP contribution in [0.4, 0.5) is 34.1 Å². The molecule has 0 fully saturated rings. The summed E-state index contributed by atoms with van der Waals surface area (Å²) in [5, 5.41) is 0. The van der Waals surface area contributed by atoms with Gasteiger partial charge in [-0.25, -0.2) is 0 Å². The molecule has 0 aromatic heterocycles. The summed E-state index contributed by atoms with van der Waals surface area (Å²) < 4.78 is 0. The minimum atomic E-state index is 1.11. The maximum Gasteiger partial charge on any atom is 0.0462 e. The third-order valence-corrected chi connectivity index (χ3v) is 11.5. The summed E-state index contributed by atoms with van der Waals surface area (Å²) in [6.07, 6.45) is 8.68. The Morgan fingerprint density at radius 1 is 0.222 bits per heavy atom. The SMILES string of the molecule is Cc1ccc(/C=C/c2ccc(N(c3ccccc3)c3ccc(-c4ccc(-c5ccc(N(c6ccc(C)cc6)c6ccc(/C=C/c7ccc(C)cc7)cc6)cc5)cc4)cc3)cc2)cc1. The number of para-hydroxylation sites is 1. The topological polar surface area (TPSA) is 6.48 Å². The van der Waals surface area contributed by atoms with Gasteiger partial charge >= 0.3 is 0 Å². The Morgan fingerprint density at radius 2 is 0.429 bits per heavy atom. The van der Waals surface area contributed by atoms with Crippen LogP contribution in [0.15, 0.2) is 224 Å². The molecule has 0 aliphatic carbocycles. The molecule has 0 spiro atoms. The highest BCUT2D eigenvalue weighted by Gasteiger charge is 2.15. The minimum Gasteiger partial charge on any atom is -0.311 e. The van der Waals surface area contributed by atoms with Gasteiger partial charge in [0.1, 0.15) is 0 Å². The van der Waals surface area contributed by atoms with E-state index >= 15 is 0 Å². The smallest absolute Gasteiger partial charge is 0.0462 e. The van der Waals surface area contributed by atoms with Crippen molar-refractivity contribution in [1.82, 2.24) is 0 Å². The third kappa shape index (κ3) is 9.83. The molecule has 0 amide bonds. The van der Waals surface area contributed by atoms with Gasteiger partial charge in [-0.1, -0.05) is 193 Å². The van der Waals surface area contributed by atoms with Gasteiger partial charge in [-0.15, -0.1) is 0 Å². The lowest BCUT2D eigenvalue weighted by Gasteiger charge is -2.26. The van der Waals surface area contributed by atoms with Gasteiger partial charge < -0.3 is 9.80 Å². The molecular formula is C61H50N2. The van der Waals surface area contributed by atoms with Crippen LogP contribution in [0, 0.1) is 20.8 Å².